The summed E-state index contributed by atoms with van der Waals surface area (Å²) in [7, 11) is 3.39. The summed E-state index contributed by atoms with van der Waals surface area (Å²) < 4.78 is 10.7. The normalized spacial score (nSPS) is 12.5. The van der Waals surface area contributed by atoms with Gasteiger partial charge in [-0.15, -0.1) is 0 Å². The van der Waals surface area contributed by atoms with E-state index in [4.69, 9.17) is 9.47 Å². The monoisotopic (exact) mass is 279 g/mol. The third kappa shape index (κ3) is 5.41. The molecule has 0 heterocycles. The van der Waals surface area contributed by atoms with Gasteiger partial charge in [-0.05, 0) is 49.4 Å². The van der Waals surface area contributed by atoms with Gasteiger partial charge in [0.15, 0.2) is 0 Å². The van der Waals surface area contributed by atoms with Crippen LogP contribution in [0.2, 0.25) is 0 Å². The Balaban J connectivity index is 2.91. The highest BCUT2D eigenvalue weighted by molar-refractivity contribution is 5.39. The molecule has 0 fully saturated rings. The predicted octanol–water partition coefficient (Wildman–Crippen LogP) is 4.18. The number of ether oxygens (including phenoxy) is 2. The van der Waals surface area contributed by atoms with Crippen molar-refractivity contribution >= 4 is 0 Å². The smallest absolute Gasteiger partial charge is 0.122 e. The van der Waals surface area contributed by atoms with Gasteiger partial charge in [0.25, 0.3) is 0 Å². The summed E-state index contributed by atoms with van der Waals surface area (Å²) in [4.78, 5) is 0. The van der Waals surface area contributed by atoms with Gasteiger partial charge in [0.1, 0.15) is 11.5 Å². The highest BCUT2D eigenvalue weighted by Gasteiger charge is 2.14. The molecule has 0 aliphatic heterocycles. The fourth-order valence-corrected chi connectivity index (χ4v) is 2.24. The van der Waals surface area contributed by atoms with Crippen molar-refractivity contribution in [3.63, 3.8) is 0 Å². The maximum atomic E-state index is 5.37. The van der Waals surface area contributed by atoms with Gasteiger partial charge in [0.2, 0.25) is 0 Å². The maximum absolute atomic E-state index is 5.37. The quantitative estimate of drug-likeness (QED) is 0.735. The Labute approximate surface area is 123 Å². The van der Waals surface area contributed by atoms with Crippen LogP contribution in [0.5, 0.6) is 11.5 Å². The van der Waals surface area contributed by atoms with E-state index in [-0.39, 0.29) is 0 Å². The molecule has 1 N–H and O–H groups in total. The van der Waals surface area contributed by atoms with Crippen LogP contribution < -0.4 is 14.8 Å². The molecule has 0 bridgehead atoms. The first kappa shape index (κ1) is 16.8. The number of hydrogen-bond acceptors (Lipinski definition) is 3. The third-order valence-corrected chi connectivity index (χ3v) is 3.45. The molecule has 0 aliphatic carbocycles. The third-order valence-electron chi connectivity index (χ3n) is 3.45. The first-order chi connectivity index (χ1) is 9.60. The van der Waals surface area contributed by atoms with Crippen LogP contribution in [0.15, 0.2) is 18.2 Å². The molecule has 3 nitrogen and oxygen atoms in total. The second kappa shape index (κ2) is 8.85. The standard InChI is InChI=1S/C17H29NO2/c1-6-9-18-17(8-7-13(2)3)14-10-15(19-4)12-16(11-14)20-5/h10-13,17-18H,6-9H2,1-5H3. The zero-order valence-electron chi connectivity index (χ0n) is 13.5. The van der Waals surface area contributed by atoms with E-state index < -0.39 is 0 Å². The summed E-state index contributed by atoms with van der Waals surface area (Å²) in [5.41, 5.74) is 1.25. The topological polar surface area (TPSA) is 30.5 Å². The maximum Gasteiger partial charge on any atom is 0.122 e. The van der Waals surface area contributed by atoms with E-state index in [2.05, 4.69) is 38.2 Å². The van der Waals surface area contributed by atoms with Crippen molar-refractivity contribution < 1.29 is 9.47 Å². The number of hydrogen-bond donors (Lipinski definition) is 1. The molecule has 0 spiro atoms. The molecular formula is C17H29NO2. The number of rotatable bonds is 9. The fourth-order valence-electron chi connectivity index (χ4n) is 2.24. The second-order valence-electron chi connectivity index (χ2n) is 5.62. The zero-order chi connectivity index (χ0) is 15.0. The first-order valence-corrected chi connectivity index (χ1v) is 7.57. The van der Waals surface area contributed by atoms with Crippen LogP contribution in [-0.4, -0.2) is 20.8 Å². The number of methoxy groups -OCH3 is 2. The van der Waals surface area contributed by atoms with E-state index in [9.17, 15) is 0 Å². The highest BCUT2D eigenvalue weighted by Crippen LogP contribution is 2.29. The molecule has 0 aromatic heterocycles. The lowest BCUT2D eigenvalue weighted by molar-refractivity contribution is 0.388. The van der Waals surface area contributed by atoms with E-state index in [1.807, 2.05) is 6.07 Å². The van der Waals surface area contributed by atoms with Gasteiger partial charge < -0.3 is 14.8 Å². The average Bonchev–Trinajstić information content (AvgIpc) is 2.46. The Morgan fingerprint density at radius 1 is 1.00 bits per heavy atom. The zero-order valence-corrected chi connectivity index (χ0v) is 13.5. The van der Waals surface area contributed by atoms with Gasteiger partial charge in [-0.1, -0.05) is 20.8 Å². The van der Waals surface area contributed by atoms with Crippen molar-refractivity contribution in [2.75, 3.05) is 20.8 Å². The molecular weight excluding hydrogens is 250 g/mol. The minimum absolute atomic E-state index is 0.362. The summed E-state index contributed by atoms with van der Waals surface area (Å²) in [5.74, 6) is 2.42. The molecule has 1 atom stereocenters. The minimum Gasteiger partial charge on any atom is -0.497 e. The average molecular weight is 279 g/mol. The SMILES string of the molecule is CCCNC(CCC(C)C)c1cc(OC)cc(OC)c1. The summed E-state index contributed by atoms with van der Waals surface area (Å²) in [6, 6.07) is 6.50. The Bertz CT molecular complexity index is 368. The van der Waals surface area contributed by atoms with Gasteiger partial charge in [-0.3, -0.25) is 0 Å². The summed E-state index contributed by atoms with van der Waals surface area (Å²) in [5, 5.41) is 3.63. The van der Waals surface area contributed by atoms with Gasteiger partial charge in [0.05, 0.1) is 14.2 Å². The molecule has 1 rings (SSSR count). The van der Waals surface area contributed by atoms with Crippen molar-refractivity contribution in [1.29, 1.82) is 0 Å². The lowest BCUT2D eigenvalue weighted by Crippen LogP contribution is -2.22. The summed E-state index contributed by atoms with van der Waals surface area (Å²) in [6.45, 7) is 7.76. The Kier molecular flexibility index (Phi) is 7.45. The second-order valence-corrected chi connectivity index (χ2v) is 5.62. The largest absolute Gasteiger partial charge is 0.497 e. The van der Waals surface area contributed by atoms with Crippen LogP contribution in [-0.2, 0) is 0 Å². The summed E-state index contributed by atoms with van der Waals surface area (Å²) >= 11 is 0. The molecule has 1 aromatic rings. The Hall–Kier alpha value is -1.22. The van der Waals surface area contributed by atoms with Crippen molar-refractivity contribution in [2.24, 2.45) is 5.92 Å². The van der Waals surface area contributed by atoms with E-state index in [1.54, 1.807) is 14.2 Å². The van der Waals surface area contributed by atoms with E-state index in [0.29, 0.717) is 12.0 Å². The summed E-state index contributed by atoms with van der Waals surface area (Å²) in [6.07, 6.45) is 3.48. The van der Waals surface area contributed by atoms with E-state index >= 15 is 0 Å². The number of benzene rings is 1. The van der Waals surface area contributed by atoms with Crippen molar-refractivity contribution in [2.45, 2.75) is 46.1 Å². The molecule has 0 saturated carbocycles. The van der Waals surface area contributed by atoms with Crippen LogP contribution in [0.4, 0.5) is 0 Å². The lowest BCUT2D eigenvalue weighted by atomic mass is 9.97. The van der Waals surface area contributed by atoms with Crippen molar-refractivity contribution in [1.82, 2.24) is 5.32 Å². The molecule has 0 amide bonds. The van der Waals surface area contributed by atoms with Crippen LogP contribution in [0.3, 0.4) is 0 Å². The highest BCUT2D eigenvalue weighted by atomic mass is 16.5. The Morgan fingerprint density at radius 2 is 1.60 bits per heavy atom. The molecule has 20 heavy (non-hydrogen) atoms. The van der Waals surface area contributed by atoms with Gasteiger partial charge in [-0.25, -0.2) is 0 Å². The first-order valence-electron chi connectivity index (χ1n) is 7.57. The Morgan fingerprint density at radius 3 is 2.05 bits per heavy atom. The van der Waals surface area contributed by atoms with Gasteiger partial charge in [-0.2, -0.15) is 0 Å². The van der Waals surface area contributed by atoms with Crippen LogP contribution >= 0.6 is 0 Å². The molecule has 0 radical (unpaired) electrons. The van der Waals surface area contributed by atoms with Crippen LogP contribution in [0.1, 0.15) is 51.6 Å². The lowest BCUT2D eigenvalue weighted by Gasteiger charge is -2.21. The predicted molar refractivity (Wildman–Crippen MR) is 84.7 cm³/mol. The molecule has 1 aromatic carbocycles. The number of nitrogens with one attached hydrogen (secondary N) is 1. The molecule has 0 saturated heterocycles. The van der Waals surface area contributed by atoms with Crippen molar-refractivity contribution in [3.8, 4) is 11.5 Å². The van der Waals surface area contributed by atoms with Crippen LogP contribution in [0, 0.1) is 5.92 Å². The molecule has 3 heteroatoms. The molecule has 1 unspecified atom stereocenters. The van der Waals surface area contributed by atoms with E-state index in [0.717, 1.165) is 30.9 Å². The molecule has 114 valence electrons. The van der Waals surface area contributed by atoms with E-state index in [1.165, 1.54) is 12.0 Å². The fraction of sp³-hybridized carbons (Fsp3) is 0.647. The van der Waals surface area contributed by atoms with Gasteiger partial charge in [0, 0.05) is 12.1 Å². The van der Waals surface area contributed by atoms with Crippen LogP contribution in [0.25, 0.3) is 0 Å². The van der Waals surface area contributed by atoms with Crippen molar-refractivity contribution in [3.05, 3.63) is 23.8 Å². The van der Waals surface area contributed by atoms with Gasteiger partial charge >= 0.3 is 0 Å². The minimum atomic E-state index is 0.362. The molecule has 0 aliphatic rings.